The molecule has 0 atom stereocenters. The number of benzene rings is 3. The minimum Gasteiger partial charge on any atom is -0.487 e. The molecule has 0 saturated heterocycles. The van der Waals surface area contributed by atoms with E-state index in [2.05, 4.69) is 18.2 Å². The lowest BCUT2D eigenvalue weighted by molar-refractivity contribution is 0.174. The number of hydrogen-bond donors (Lipinski definition) is 0. The van der Waals surface area contributed by atoms with E-state index in [-0.39, 0.29) is 6.79 Å². The first-order chi connectivity index (χ1) is 14.3. The first kappa shape index (κ1) is 17.3. The molecule has 2 heterocycles. The molecule has 1 aliphatic rings. The molecule has 142 valence electrons. The van der Waals surface area contributed by atoms with Crippen molar-refractivity contribution in [3.8, 4) is 17.2 Å². The molecule has 4 heteroatoms. The van der Waals surface area contributed by atoms with Crippen molar-refractivity contribution in [3.05, 3.63) is 95.7 Å². The Morgan fingerprint density at radius 2 is 1.72 bits per heavy atom. The summed E-state index contributed by atoms with van der Waals surface area (Å²) in [5.74, 6) is 2.34. The Morgan fingerprint density at radius 1 is 0.828 bits per heavy atom. The number of fused-ring (bicyclic) bond motifs is 2. The van der Waals surface area contributed by atoms with Crippen LogP contribution in [0.3, 0.4) is 0 Å². The average Bonchev–Trinajstić information content (AvgIpc) is 3.25. The molecule has 4 aromatic rings. The Balaban J connectivity index is 1.40. The van der Waals surface area contributed by atoms with Gasteiger partial charge in [-0.05, 0) is 41.5 Å². The summed E-state index contributed by atoms with van der Waals surface area (Å²) < 4.78 is 16.9. The van der Waals surface area contributed by atoms with Crippen molar-refractivity contribution in [3.63, 3.8) is 0 Å². The third-order valence-electron chi connectivity index (χ3n) is 4.79. The Bertz CT molecular complexity index is 1190. The van der Waals surface area contributed by atoms with E-state index in [0.717, 1.165) is 45.0 Å². The number of nitrogens with zero attached hydrogens (tertiary/aromatic N) is 1. The van der Waals surface area contributed by atoms with Crippen LogP contribution < -0.4 is 14.2 Å². The van der Waals surface area contributed by atoms with Crippen LogP contribution >= 0.6 is 0 Å². The smallest absolute Gasteiger partial charge is 0.231 e. The third-order valence-corrected chi connectivity index (χ3v) is 4.79. The Labute approximate surface area is 169 Å². The highest BCUT2D eigenvalue weighted by Gasteiger charge is 2.12. The molecule has 1 aromatic heterocycles. The normalized spacial score (nSPS) is 12.6. The summed E-state index contributed by atoms with van der Waals surface area (Å²) in [7, 11) is 0. The van der Waals surface area contributed by atoms with Crippen molar-refractivity contribution in [2.24, 2.45) is 0 Å². The van der Waals surface area contributed by atoms with Crippen LogP contribution in [0.5, 0.6) is 17.2 Å². The van der Waals surface area contributed by atoms with Gasteiger partial charge in [-0.3, -0.25) is 0 Å². The predicted molar refractivity (Wildman–Crippen MR) is 114 cm³/mol. The third kappa shape index (κ3) is 3.78. The molecule has 4 nitrogen and oxygen atoms in total. The highest BCUT2D eigenvalue weighted by Crippen LogP contribution is 2.33. The second-order valence-corrected chi connectivity index (χ2v) is 6.78. The molecular weight excluding hydrogens is 362 g/mol. The van der Waals surface area contributed by atoms with Crippen LogP contribution in [0, 0.1) is 0 Å². The number of para-hydroxylation sites is 1. The fraction of sp³-hybridized carbons (Fsp3) is 0.0800. The molecule has 0 radical (unpaired) electrons. The van der Waals surface area contributed by atoms with Gasteiger partial charge in [0.25, 0.3) is 0 Å². The fourth-order valence-electron chi connectivity index (χ4n) is 3.28. The van der Waals surface area contributed by atoms with Gasteiger partial charge in [-0.25, -0.2) is 4.98 Å². The molecule has 0 saturated carbocycles. The number of pyridine rings is 1. The second-order valence-electron chi connectivity index (χ2n) is 6.78. The summed E-state index contributed by atoms with van der Waals surface area (Å²) >= 11 is 0. The molecule has 0 amide bonds. The van der Waals surface area contributed by atoms with Gasteiger partial charge in [-0.1, -0.05) is 60.7 Å². The molecule has 5 rings (SSSR count). The number of aromatic nitrogens is 1. The van der Waals surface area contributed by atoms with Crippen molar-refractivity contribution in [2.45, 2.75) is 6.61 Å². The van der Waals surface area contributed by atoms with Crippen LogP contribution in [0.1, 0.15) is 16.8 Å². The zero-order valence-electron chi connectivity index (χ0n) is 15.7. The molecule has 0 N–H and O–H groups in total. The van der Waals surface area contributed by atoms with Gasteiger partial charge >= 0.3 is 0 Å². The summed E-state index contributed by atoms with van der Waals surface area (Å²) in [4.78, 5) is 4.81. The summed E-state index contributed by atoms with van der Waals surface area (Å²) in [6.07, 6.45) is 4.01. The summed E-state index contributed by atoms with van der Waals surface area (Å²) in [5.41, 5.74) is 3.88. The van der Waals surface area contributed by atoms with E-state index in [1.807, 2.05) is 72.8 Å². The van der Waals surface area contributed by atoms with Gasteiger partial charge in [0.15, 0.2) is 11.5 Å². The quantitative estimate of drug-likeness (QED) is 0.444. The number of hydrogen-bond acceptors (Lipinski definition) is 4. The topological polar surface area (TPSA) is 40.6 Å². The van der Waals surface area contributed by atoms with E-state index in [4.69, 9.17) is 19.2 Å². The van der Waals surface area contributed by atoms with Gasteiger partial charge in [-0.15, -0.1) is 0 Å². The molecule has 29 heavy (non-hydrogen) atoms. The fourth-order valence-corrected chi connectivity index (χ4v) is 3.28. The monoisotopic (exact) mass is 381 g/mol. The molecule has 0 fully saturated rings. The average molecular weight is 381 g/mol. The molecule has 0 unspecified atom stereocenters. The lowest BCUT2D eigenvalue weighted by atomic mass is 10.1. The molecule has 0 aliphatic carbocycles. The Morgan fingerprint density at radius 3 is 2.66 bits per heavy atom. The van der Waals surface area contributed by atoms with Gasteiger partial charge < -0.3 is 14.2 Å². The van der Waals surface area contributed by atoms with E-state index < -0.39 is 0 Å². The lowest BCUT2D eigenvalue weighted by Crippen LogP contribution is -1.97. The van der Waals surface area contributed by atoms with E-state index in [0.29, 0.717) is 6.61 Å². The zero-order chi connectivity index (χ0) is 19.5. The highest BCUT2D eigenvalue weighted by molar-refractivity contribution is 5.86. The maximum Gasteiger partial charge on any atom is 0.231 e. The molecule has 1 aliphatic heterocycles. The molecule has 3 aromatic carbocycles. The van der Waals surface area contributed by atoms with Crippen molar-refractivity contribution in [1.82, 2.24) is 4.98 Å². The Hall–Kier alpha value is -3.79. The van der Waals surface area contributed by atoms with Gasteiger partial charge in [0, 0.05) is 5.39 Å². The van der Waals surface area contributed by atoms with Gasteiger partial charge in [0.1, 0.15) is 17.9 Å². The summed E-state index contributed by atoms with van der Waals surface area (Å²) in [6, 6.07) is 26.1. The van der Waals surface area contributed by atoms with E-state index in [9.17, 15) is 0 Å². The second kappa shape index (κ2) is 7.68. The lowest BCUT2D eigenvalue weighted by Gasteiger charge is -2.09. The highest BCUT2D eigenvalue weighted by atomic mass is 16.7. The molecule has 0 bridgehead atoms. The first-order valence-electron chi connectivity index (χ1n) is 9.49. The van der Waals surface area contributed by atoms with E-state index in [1.54, 1.807) is 0 Å². The van der Waals surface area contributed by atoms with Gasteiger partial charge in [0.2, 0.25) is 6.79 Å². The standard InChI is InChI=1S/C25H19NO3/c1-2-5-19(6-3-1)16-27-23-8-4-7-20-11-13-21(26-25(20)23)12-9-18-10-14-22-24(15-18)29-17-28-22/h1-15H,16-17H2. The first-order valence-corrected chi connectivity index (χ1v) is 9.49. The van der Waals surface area contributed by atoms with E-state index >= 15 is 0 Å². The summed E-state index contributed by atoms with van der Waals surface area (Å²) in [5, 5.41) is 1.05. The maximum absolute atomic E-state index is 6.06. The minimum absolute atomic E-state index is 0.278. The molecular formula is C25H19NO3. The van der Waals surface area contributed by atoms with Gasteiger partial charge in [0.05, 0.1) is 5.69 Å². The van der Waals surface area contributed by atoms with Crippen LogP contribution in [-0.4, -0.2) is 11.8 Å². The summed E-state index contributed by atoms with van der Waals surface area (Å²) in [6.45, 7) is 0.791. The van der Waals surface area contributed by atoms with Crippen molar-refractivity contribution >= 4 is 23.1 Å². The molecule has 0 spiro atoms. The maximum atomic E-state index is 6.06. The number of ether oxygens (including phenoxy) is 3. The van der Waals surface area contributed by atoms with Crippen molar-refractivity contribution in [1.29, 1.82) is 0 Å². The van der Waals surface area contributed by atoms with Crippen LogP contribution in [-0.2, 0) is 6.61 Å². The van der Waals surface area contributed by atoms with Crippen molar-refractivity contribution < 1.29 is 14.2 Å². The van der Waals surface area contributed by atoms with Crippen LogP contribution in [0.4, 0.5) is 0 Å². The van der Waals surface area contributed by atoms with Crippen LogP contribution in [0.25, 0.3) is 23.1 Å². The van der Waals surface area contributed by atoms with Crippen LogP contribution in [0.2, 0.25) is 0 Å². The van der Waals surface area contributed by atoms with E-state index in [1.165, 1.54) is 0 Å². The van der Waals surface area contributed by atoms with Gasteiger partial charge in [-0.2, -0.15) is 0 Å². The zero-order valence-corrected chi connectivity index (χ0v) is 15.7. The SMILES string of the molecule is C(=Cc1ccc2cccc(OCc3ccccc3)c2n1)c1ccc2c(c1)OCO2. The van der Waals surface area contributed by atoms with Crippen LogP contribution in [0.15, 0.2) is 78.9 Å². The minimum atomic E-state index is 0.278. The Kier molecular flexibility index (Phi) is 4.59. The van der Waals surface area contributed by atoms with Crippen molar-refractivity contribution in [2.75, 3.05) is 6.79 Å². The largest absolute Gasteiger partial charge is 0.487 e. The predicted octanol–water partition coefficient (Wildman–Crippen LogP) is 5.71. The number of rotatable bonds is 5.